The van der Waals surface area contributed by atoms with Crippen molar-refractivity contribution in [2.75, 3.05) is 10.6 Å². The third-order valence-electron chi connectivity index (χ3n) is 2.84. The lowest BCUT2D eigenvalue weighted by Gasteiger charge is -2.10. The molecule has 2 rings (SSSR count). The molecule has 5 nitrogen and oxygen atoms in total. The lowest BCUT2D eigenvalue weighted by atomic mass is 10.1. The Labute approximate surface area is 122 Å². The first kappa shape index (κ1) is 14.6. The van der Waals surface area contributed by atoms with Crippen LogP contribution in [0.3, 0.4) is 0 Å². The largest absolute Gasteiger partial charge is 0.545 e. The highest BCUT2D eigenvalue weighted by Crippen LogP contribution is 2.15. The highest BCUT2D eigenvalue weighted by atomic mass is 16.4. The predicted octanol–water partition coefficient (Wildman–Crippen LogP) is 2.31. The van der Waals surface area contributed by atoms with E-state index in [4.69, 9.17) is 0 Å². The van der Waals surface area contributed by atoms with Crippen LogP contribution in [0.2, 0.25) is 0 Å². The Balaban J connectivity index is 2.08. The minimum absolute atomic E-state index is 0.0131. The lowest BCUT2D eigenvalue weighted by molar-refractivity contribution is -0.255. The Morgan fingerprint density at radius 2 is 1.52 bits per heavy atom. The van der Waals surface area contributed by atoms with Crippen LogP contribution in [0.15, 0.2) is 42.5 Å². The zero-order chi connectivity index (χ0) is 15.4. The summed E-state index contributed by atoms with van der Waals surface area (Å²) in [5, 5.41) is 16.1. The number of rotatable bonds is 3. The van der Waals surface area contributed by atoms with Gasteiger partial charge in [0.25, 0.3) is 0 Å². The van der Waals surface area contributed by atoms with Gasteiger partial charge in [-0.05, 0) is 54.8 Å². The van der Waals surface area contributed by atoms with Gasteiger partial charge in [0.2, 0.25) is 0 Å². The number of amides is 2. The lowest BCUT2D eigenvalue weighted by Crippen LogP contribution is -2.23. The van der Waals surface area contributed by atoms with Gasteiger partial charge in [0.1, 0.15) is 0 Å². The van der Waals surface area contributed by atoms with Gasteiger partial charge < -0.3 is 20.5 Å². The number of benzene rings is 2. The molecular formula is C16H15N2O3-. The Hall–Kier alpha value is -2.82. The van der Waals surface area contributed by atoms with Crippen molar-refractivity contribution in [1.82, 2.24) is 0 Å². The van der Waals surface area contributed by atoms with Crippen molar-refractivity contribution in [2.24, 2.45) is 0 Å². The number of aryl methyl sites for hydroxylation is 2. The zero-order valence-corrected chi connectivity index (χ0v) is 11.8. The number of anilines is 2. The second-order valence-corrected chi connectivity index (χ2v) is 4.82. The van der Waals surface area contributed by atoms with Crippen molar-refractivity contribution >= 4 is 23.4 Å². The molecule has 0 atom stereocenters. The summed E-state index contributed by atoms with van der Waals surface area (Å²) < 4.78 is 0. The average molecular weight is 283 g/mol. The number of carboxylic acid groups (broad SMARTS) is 1. The molecule has 2 aromatic rings. The molecule has 0 aliphatic carbocycles. The first-order valence-electron chi connectivity index (χ1n) is 6.42. The van der Waals surface area contributed by atoms with Gasteiger partial charge in [-0.2, -0.15) is 0 Å². The molecule has 0 bridgehead atoms. The molecule has 0 aliphatic heterocycles. The maximum atomic E-state index is 11.9. The van der Waals surface area contributed by atoms with Gasteiger partial charge in [0.05, 0.1) is 5.97 Å². The molecule has 0 aliphatic rings. The summed E-state index contributed by atoms with van der Waals surface area (Å²) >= 11 is 0. The fourth-order valence-electron chi connectivity index (χ4n) is 2.06. The van der Waals surface area contributed by atoms with Gasteiger partial charge in [0, 0.05) is 11.4 Å². The highest BCUT2D eigenvalue weighted by Gasteiger charge is 2.04. The first-order chi connectivity index (χ1) is 9.94. The molecule has 2 amide bonds. The molecule has 108 valence electrons. The van der Waals surface area contributed by atoms with Crippen molar-refractivity contribution in [3.63, 3.8) is 0 Å². The molecule has 2 N–H and O–H groups in total. The molecule has 0 aromatic heterocycles. The quantitative estimate of drug-likeness (QED) is 0.907. The fourth-order valence-corrected chi connectivity index (χ4v) is 2.06. The first-order valence-corrected chi connectivity index (χ1v) is 6.42. The zero-order valence-electron chi connectivity index (χ0n) is 11.8. The van der Waals surface area contributed by atoms with Crippen molar-refractivity contribution in [2.45, 2.75) is 13.8 Å². The van der Waals surface area contributed by atoms with Gasteiger partial charge in [-0.3, -0.25) is 0 Å². The van der Waals surface area contributed by atoms with E-state index in [1.165, 1.54) is 18.2 Å². The predicted molar refractivity (Wildman–Crippen MR) is 79.3 cm³/mol. The summed E-state index contributed by atoms with van der Waals surface area (Å²) in [5.41, 5.74) is 3.17. The van der Waals surface area contributed by atoms with Crippen LogP contribution in [0.25, 0.3) is 0 Å². The summed E-state index contributed by atoms with van der Waals surface area (Å²) in [7, 11) is 0. The van der Waals surface area contributed by atoms with E-state index in [0.29, 0.717) is 11.4 Å². The van der Waals surface area contributed by atoms with Crippen LogP contribution in [-0.2, 0) is 0 Å². The summed E-state index contributed by atoms with van der Waals surface area (Å²) in [6.45, 7) is 3.89. The maximum Gasteiger partial charge on any atom is 0.323 e. The van der Waals surface area contributed by atoms with Crippen LogP contribution in [0.5, 0.6) is 0 Å². The second-order valence-electron chi connectivity index (χ2n) is 4.82. The normalized spacial score (nSPS) is 10.0. The van der Waals surface area contributed by atoms with E-state index in [1.54, 1.807) is 6.07 Å². The Kier molecular flexibility index (Phi) is 4.23. The number of carbonyl (C=O) groups is 2. The molecule has 0 unspecified atom stereocenters. The SMILES string of the molecule is Cc1cc(C)cc(NC(=O)Nc2cccc(C(=O)[O-])c2)c1. The smallest absolute Gasteiger partial charge is 0.323 e. The van der Waals surface area contributed by atoms with Crippen LogP contribution >= 0.6 is 0 Å². The summed E-state index contributed by atoms with van der Waals surface area (Å²) in [4.78, 5) is 22.7. The number of urea groups is 1. The minimum Gasteiger partial charge on any atom is -0.545 e. The minimum atomic E-state index is -1.28. The van der Waals surface area contributed by atoms with Gasteiger partial charge in [0.15, 0.2) is 0 Å². The molecule has 0 saturated heterocycles. The van der Waals surface area contributed by atoms with Crippen molar-refractivity contribution in [3.8, 4) is 0 Å². The van der Waals surface area contributed by atoms with E-state index in [1.807, 2.05) is 32.0 Å². The van der Waals surface area contributed by atoms with Crippen LogP contribution in [-0.4, -0.2) is 12.0 Å². The Morgan fingerprint density at radius 1 is 0.905 bits per heavy atom. The molecule has 0 radical (unpaired) electrons. The van der Waals surface area contributed by atoms with Gasteiger partial charge in [-0.15, -0.1) is 0 Å². The third kappa shape index (κ3) is 4.07. The molecule has 0 fully saturated rings. The second kappa shape index (κ2) is 6.09. The van der Waals surface area contributed by atoms with Crippen LogP contribution in [0.4, 0.5) is 16.2 Å². The summed E-state index contributed by atoms with van der Waals surface area (Å²) in [6.07, 6.45) is 0. The monoisotopic (exact) mass is 283 g/mol. The molecule has 5 heteroatoms. The maximum absolute atomic E-state index is 11.9. The van der Waals surface area contributed by atoms with Crippen molar-refractivity contribution in [3.05, 3.63) is 59.2 Å². The number of hydrogen-bond donors (Lipinski definition) is 2. The van der Waals surface area contributed by atoms with E-state index in [2.05, 4.69) is 10.6 Å². The highest BCUT2D eigenvalue weighted by molar-refractivity contribution is 6.00. The van der Waals surface area contributed by atoms with Gasteiger partial charge >= 0.3 is 6.03 Å². The van der Waals surface area contributed by atoms with E-state index < -0.39 is 12.0 Å². The van der Waals surface area contributed by atoms with Crippen LogP contribution < -0.4 is 15.7 Å². The fraction of sp³-hybridized carbons (Fsp3) is 0.125. The van der Waals surface area contributed by atoms with Crippen LogP contribution in [0.1, 0.15) is 21.5 Å². The number of carboxylic acids is 1. The molecule has 0 saturated carbocycles. The van der Waals surface area contributed by atoms with E-state index in [0.717, 1.165) is 11.1 Å². The van der Waals surface area contributed by atoms with Crippen LogP contribution in [0, 0.1) is 13.8 Å². The molecule has 0 heterocycles. The summed E-state index contributed by atoms with van der Waals surface area (Å²) in [5.74, 6) is -1.28. The third-order valence-corrected chi connectivity index (χ3v) is 2.84. The number of nitrogens with one attached hydrogen (secondary N) is 2. The summed E-state index contributed by atoms with van der Waals surface area (Å²) in [6, 6.07) is 11.2. The Bertz CT molecular complexity index is 675. The van der Waals surface area contributed by atoms with Gasteiger partial charge in [-0.1, -0.05) is 18.2 Å². The van der Waals surface area contributed by atoms with Gasteiger partial charge in [-0.25, -0.2) is 4.79 Å². The van der Waals surface area contributed by atoms with Crippen molar-refractivity contribution < 1.29 is 14.7 Å². The topological polar surface area (TPSA) is 81.3 Å². The Morgan fingerprint density at radius 3 is 2.14 bits per heavy atom. The molecule has 0 spiro atoms. The average Bonchev–Trinajstić information content (AvgIpc) is 2.37. The molecular weight excluding hydrogens is 268 g/mol. The number of aromatic carboxylic acids is 1. The van der Waals surface area contributed by atoms with E-state index >= 15 is 0 Å². The van der Waals surface area contributed by atoms with E-state index in [-0.39, 0.29) is 5.56 Å². The number of hydrogen-bond acceptors (Lipinski definition) is 3. The molecule has 2 aromatic carbocycles. The van der Waals surface area contributed by atoms with Crippen molar-refractivity contribution in [1.29, 1.82) is 0 Å². The number of carbonyl (C=O) groups excluding carboxylic acids is 2. The van der Waals surface area contributed by atoms with E-state index in [9.17, 15) is 14.7 Å². The standard InChI is InChI=1S/C16H16N2O3/c1-10-6-11(2)8-14(7-10)18-16(21)17-13-5-3-4-12(9-13)15(19)20/h3-9H,1-2H3,(H,19,20)(H2,17,18,21)/p-1. The molecule has 21 heavy (non-hydrogen) atoms.